The van der Waals surface area contributed by atoms with E-state index in [1.807, 2.05) is 41.6 Å². The van der Waals surface area contributed by atoms with Gasteiger partial charge in [0.25, 0.3) is 5.91 Å². The van der Waals surface area contributed by atoms with E-state index in [1.165, 1.54) is 0 Å². The molecular weight excluding hydrogens is 314 g/mol. The molecule has 0 radical (unpaired) electrons. The summed E-state index contributed by atoms with van der Waals surface area (Å²) in [5.74, 6) is 0.0316. The number of aromatic nitrogens is 2. The Bertz CT molecular complexity index is 697. The second-order valence-corrected chi connectivity index (χ2v) is 7.62. The number of nitrogens with zero attached hydrogens (tertiary/aromatic N) is 3. The Morgan fingerprint density at radius 1 is 1.36 bits per heavy atom. The predicted molar refractivity (Wildman–Crippen MR) is 97.4 cm³/mol. The van der Waals surface area contributed by atoms with Crippen molar-refractivity contribution >= 4 is 5.91 Å². The number of carbonyl (C=O) groups is 1. The van der Waals surface area contributed by atoms with Gasteiger partial charge in [0.2, 0.25) is 0 Å². The summed E-state index contributed by atoms with van der Waals surface area (Å²) >= 11 is 0. The molecule has 0 spiro atoms. The number of hydrogen-bond donors (Lipinski definition) is 0. The molecule has 0 aliphatic carbocycles. The molecule has 0 bridgehead atoms. The smallest absolute Gasteiger partial charge is 0.255 e. The van der Waals surface area contributed by atoms with Crippen molar-refractivity contribution in [2.45, 2.75) is 51.8 Å². The van der Waals surface area contributed by atoms with Gasteiger partial charge in [-0.25, -0.2) is 0 Å². The molecule has 25 heavy (non-hydrogen) atoms. The van der Waals surface area contributed by atoms with Crippen LogP contribution in [-0.4, -0.2) is 39.6 Å². The minimum Gasteiger partial charge on any atom is -0.376 e. The lowest BCUT2D eigenvalue weighted by atomic mass is 10.1. The van der Waals surface area contributed by atoms with Crippen molar-refractivity contribution in [3.63, 3.8) is 0 Å². The molecule has 1 amide bonds. The second-order valence-electron chi connectivity index (χ2n) is 7.62. The number of amides is 1. The average Bonchev–Trinajstić information content (AvgIpc) is 3.26. The Hall–Kier alpha value is -2.14. The first-order valence-electron chi connectivity index (χ1n) is 8.93. The van der Waals surface area contributed by atoms with Crippen molar-refractivity contribution in [3.8, 4) is 0 Å². The summed E-state index contributed by atoms with van der Waals surface area (Å²) in [6.45, 7) is 8.27. The Morgan fingerprint density at radius 2 is 2.20 bits per heavy atom. The minimum atomic E-state index is -0.0427. The highest BCUT2D eigenvalue weighted by Gasteiger charge is 2.25. The van der Waals surface area contributed by atoms with Crippen LogP contribution in [0, 0.1) is 0 Å². The van der Waals surface area contributed by atoms with Crippen LogP contribution in [-0.2, 0) is 16.8 Å². The highest BCUT2D eigenvalue weighted by Crippen LogP contribution is 2.19. The fourth-order valence-corrected chi connectivity index (χ4v) is 3.06. The lowest BCUT2D eigenvalue weighted by Gasteiger charge is -2.25. The topological polar surface area (TPSA) is 47.4 Å². The van der Waals surface area contributed by atoms with Crippen molar-refractivity contribution < 1.29 is 9.53 Å². The van der Waals surface area contributed by atoms with E-state index in [9.17, 15) is 4.79 Å². The summed E-state index contributed by atoms with van der Waals surface area (Å²) in [6.07, 6.45) is 7.87. The molecule has 1 aliphatic heterocycles. The monoisotopic (exact) mass is 341 g/mol. The molecule has 3 rings (SSSR count). The van der Waals surface area contributed by atoms with Gasteiger partial charge in [-0.2, -0.15) is 0 Å². The Balaban J connectivity index is 1.79. The van der Waals surface area contributed by atoms with Gasteiger partial charge in [-0.15, -0.1) is 0 Å². The van der Waals surface area contributed by atoms with Crippen molar-refractivity contribution in [2.75, 3.05) is 13.2 Å². The van der Waals surface area contributed by atoms with Crippen molar-refractivity contribution in [3.05, 3.63) is 54.1 Å². The largest absolute Gasteiger partial charge is 0.376 e. The summed E-state index contributed by atoms with van der Waals surface area (Å²) in [4.78, 5) is 19.3. The molecule has 1 atom stereocenters. The molecule has 0 aromatic carbocycles. The van der Waals surface area contributed by atoms with Crippen LogP contribution >= 0.6 is 0 Å². The predicted octanol–water partition coefficient (Wildman–Crippen LogP) is 3.46. The molecule has 3 heterocycles. The van der Waals surface area contributed by atoms with E-state index >= 15 is 0 Å². The number of rotatable bonds is 5. The van der Waals surface area contributed by atoms with Crippen LogP contribution in [0.1, 0.15) is 49.7 Å². The maximum Gasteiger partial charge on any atom is 0.255 e. The zero-order valence-electron chi connectivity index (χ0n) is 15.3. The third kappa shape index (κ3) is 4.48. The van der Waals surface area contributed by atoms with Crippen molar-refractivity contribution in [1.82, 2.24) is 14.5 Å². The van der Waals surface area contributed by atoms with Gasteiger partial charge in [0.05, 0.1) is 23.9 Å². The molecule has 1 saturated heterocycles. The van der Waals surface area contributed by atoms with Gasteiger partial charge in [0, 0.05) is 37.3 Å². The number of hydrogen-bond acceptors (Lipinski definition) is 3. The maximum absolute atomic E-state index is 13.1. The van der Waals surface area contributed by atoms with Crippen LogP contribution in [0.3, 0.4) is 0 Å². The van der Waals surface area contributed by atoms with Crippen molar-refractivity contribution in [2.24, 2.45) is 0 Å². The van der Waals surface area contributed by atoms with Crippen LogP contribution in [0.4, 0.5) is 0 Å². The molecule has 0 saturated carbocycles. The van der Waals surface area contributed by atoms with E-state index in [4.69, 9.17) is 4.74 Å². The van der Waals surface area contributed by atoms with E-state index in [-0.39, 0.29) is 17.6 Å². The molecule has 2 aromatic rings. The number of carbonyl (C=O) groups excluding carboxylic acids is 1. The van der Waals surface area contributed by atoms with E-state index in [1.54, 1.807) is 6.20 Å². The number of pyridine rings is 1. The molecular formula is C20H27N3O2. The number of ether oxygens (including phenoxy) is 1. The van der Waals surface area contributed by atoms with Gasteiger partial charge in [-0.05, 0) is 51.8 Å². The molecule has 0 unspecified atom stereocenters. The van der Waals surface area contributed by atoms with Gasteiger partial charge in [-0.3, -0.25) is 9.78 Å². The minimum absolute atomic E-state index is 0.0316. The summed E-state index contributed by atoms with van der Waals surface area (Å²) in [5, 5.41) is 0. The van der Waals surface area contributed by atoms with E-state index in [0.29, 0.717) is 18.7 Å². The standard InChI is InChI=1S/C20H27N3O2/c1-20(2,3)23-11-9-16(13-23)19(24)22(15-18-8-6-12-25-18)14-17-7-4-5-10-21-17/h4-5,7,9-11,13,18H,6,8,12,14-15H2,1-3H3/t18-/m0/s1. The average molecular weight is 341 g/mol. The summed E-state index contributed by atoms with van der Waals surface area (Å²) < 4.78 is 7.82. The Kier molecular flexibility index (Phi) is 5.23. The highest BCUT2D eigenvalue weighted by molar-refractivity contribution is 5.94. The molecule has 5 heteroatoms. The zero-order valence-corrected chi connectivity index (χ0v) is 15.3. The van der Waals surface area contributed by atoms with Crippen LogP contribution in [0.25, 0.3) is 0 Å². The first-order valence-corrected chi connectivity index (χ1v) is 8.93. The van der Waals surface area contributed by atoms with Gasteiger partial charge < -0.3 is 14.2 Å². The zero-order chi connectivity index (χ0) is 17.9. The summed E-state index contributed by atoms with van der Waals surface area (Å²) in [7, 11) is 0. The lowest BCUT2D eigenvalue weighted by molar-refractivity contribution is 0.0504. The fraction of sp³-hybridized carbons (Fsp3) is 0.500. The van der Waals surface area contributed by atoms with Crippen LogP contribution < -0.4 is 0 Å². The normalized spacial score (nSPS) is 17.6. The Morgan fingerprint density at radius 3 is 2.80 bits per heavy atom. The van der Waals surface area contributed by atoms with Crippen LogP contribution in [0.5, 0.6) is 0 Å². The third-order valence-corrected chi connectivity index (χ3v) is 4.53. The van der Waals surface area contributed by atoms with E-state index < -0.39 is 0 Å². The van der Waals surface area contributed by atoms with Crippen LogP contribution in [0.2, 0.25) is 0 Å². The SMILES string of the molecule is CC(C)(C)n1ccc(C(=O)N(Cc2ccccn2)C[C@@H]2CCCO2)c1. The molecule has 1 aliphatic rings. The molecule has 134 valence electrons. The van der Waals surface area contributed by atoms with E-state index in [2.05, 4.69) is 30.3 Å². The maximum atomic E-state index is 13.1. The highest BCUT2D eigenvalue weighted by atomic mass is 16.5. The molecule has 5 nitrogen and oxygen atoms in total. The summed E-state index contributed by atoms with van der Waals surface area (Å²) in [6, 6.07) is 7.69. The Labute approximate surface area is 149 Å². The first-order chi connectivity index (χ1) is 11.9. The molecule has 1 fully saturated rings. The molecule has 2 aromatic heterocycles. The van der Waals surface area contributed by atoms with Crippen molar-refractivity contribution in [1.29, 1.82) is 0 Å². The molecule has 0 N–H and O–H groups in total. The lowest BCUT2D eigenvalue weighted by Crippen LogP contribution is -2.37. The second kappa shape index (κ2) is 7.40. The van der Waals surface area contributed by atoms with Crippen LogP contribution in [0.15, 0.2) is 42.9 Å². The first kappa shape index (κ1) is 17.7. The van der Waals surface area contributed by atoms with Gasteiger partial charge >= 0.3 is 0 Å². The third-order valence-electron chi connectivity index (χ3n) is 4.53. The van der Waals surface area contributed by atoms with E-state index in [0.717, 1.165) is 25.1 Å². The summed E-state index contributed by atoms with van der Waals surface area (Å²) in [5.41, 5.74) is 1.56. The quantitative estimate of drug-likeness (QED) is 0.837. The van der Waals surface area contributed by atoms with Gasteiger partial charge in [0.15, 0.2) is 0 Å². The van der Waals surface area contributed by atoms with Gasteiger partial charge in [0.1, 0.15) is 0 Å². The fourth-order valence-electron chi connectivity index (χ4n) is 3.06. The van der Waals surface area contributed by atoms with Gasteiger partial charge in [-0.1, -0.05) is 6.07 Å².